The van der Waals surface area contributed by atoms with Gasteiger partial charge in [-0.15, -0.1) is 0 Å². The summed E-state index contributed by atoms with van der Waals surface area (Å²) >= 11 is 0. The molecule has 1 aliphatic carbocycles. The van der Waals surface area contributed by atoms with Crippen LogP contribution in [0.1, 0.15) is 25.7 Å². The van der Waals surface area contributed by atoms with Crippen LogP contribution >= 0.6 is 0 Å². The van der Waals surface area contributed by atoms with Gasteiger partial charge in [-0.3, -0.25) is 4.79 Å². The van der Waals surface area contributed by atoms with Gasteiger partial charge in [0.2, 0.25) is 0 Å². The second-order valence-electron chi connectivity index (χ2n) is 5.00. The normalized spacial score (nSPS) is 16.9. The maximum atomic E-state index is 11.8. The zero-order chi connectivity index (χ0) is 14.4. The number of carbonyl (C=O) groups is 1. The van der Waals surface area contributed by atoms with Crippen molar-refractivity contribution in [2.45, 2.75) is 37.9 Å². The number of hydrogen-bond acceptors (Lipinski definition) is 4. The first-order chi connectivity index (χ1) is 9.72. The minimum Gasteiger partial charge on any atom is -0.490 e. The van der Waals surface area contributed by atoms with Crippen LogP contribution in [0.2, 0.25) is 0 Å². The summed E-state index contributed by atoms with van der Waals surface area (Å²) in [4.78, 5) is 11.8. The van der Waals surface area contributed by atoms with E-state index in [1.54, 1.807) is 0 Å². The van der Waals surface area contributed by atoms with Crippen LogP contribution in [0.25, 0.3) is 0 Å². The lowest BCUT2D eigenvalue weighted by Crippen LogP contribution is -2.35. The van der Waals surface area contributed by atoms with Crippen LogP contribution in [-0.4, -0.2) is 31.8 Å². The monoisotopic (exact) mass is 278 g/mol. The van der Waals surface area contributed by atoms with Gasteiger partial charge in [0, 0.05) is 19.3 Å². The molecule has 0 aromatic heterocycles. The highest BCUT2D eigenvalue weighted by Crippen LogP contribution is 2.25. The standard InChI is InChI=1S/C15H22N2O3/c1-19-14(10-16)15(18)17-11-6-8-13(9-7-11)20-12-4-2-3-5-12/h6-9,12,14H,2-5,10,16H2,1H3,(H,17,18). The second-order valence-corrected chi connectivity index (χ2v) is 5.00. The van der Waals surface area contributed by atoms with Crippen molar-refractivity contribution in [2.75, 3.05) is 19.0 Å². The average molecular weight is 278 g/mol. The van der Waals surface area contributed by atoms with Crippen molar-refractivity contribution in [2.24, 2.45) is 5.73 Å². The number of carbonyl (C=O) groups excluding carboxylic acids is 1. The SMILES string of the molecule is COC(CN)C(=O)Nc1ccc(OC2CCCC2)cc1. The highest BCUT2D eigenvalue weighted by Gasteiger charge is 2.17. The van der Waals surface area contributed by atoms with Crippen molar-refractivity contribution < 1.29 is 14.3 Å². The fourth-order valence-corrected chi connectivity index (χ4v) is 2.35. The summed E-state index contributed by atoms with van der Waals surface area (Å²) in [6, 6.07) is 7.40. The summed E-state index contributed by atoms with van der Waals surface area (Å²) in [5.41, 5.74) is 6.16. The molecule has 5 nitrogen and oxygen atoms in total. The Kier molecular flexibility index (Phi) is 5.38. The molecular formula is C15H22N2O3. The molecule has 0 heterocycles. The quantitative estimate of drug-likeness (QED) is 0.833. The Morgan fingerprint density at radius 3 is 2.55 bits per heavy atom. The van der Waals surface area contributed by atoms with E-state index in [1.807, 2.05) is 24.3 Å². The first-order valence-corrected chi connectivity index (χ1v) is 7.03. The Labute approximate surface area is 119 Å². The molecule has 0 bridgehead atoms. The Balaban J connectivity index is 1.89. The number of nitrogens with one attached hydrogen (secondary N) is 1. The van der Waals surface area contributed by atoms with Crippen molar-refractivity contribution in [1.29, 1.82) is 0 Å². The van der Waals surface area contributed by atoms with Crippen LogP contribution in [0.5, 0.6) is 5.75 Å². The summed E-state index contributed by atoms with van der Waals surface area (Å²) in [6.45, 7) is 0.158. The number of anilines is 1. The van der Waals surface area contributed by atoms with Gasteiger partial charge < -0.3 is 20.5 Å². The first-order valence-electron chi connectivity index (χ1n) is 7.03. The first kappa shape index (κ1) is 14.8. The Morgan fingerprint density at radius 2 is 2.00 bits per heavy atom. The molecule has 3 N–H and O–H groups in total. The molecule has 1 atom stereocenters. The van der Waals surface area contributed by atoms with Gasteiger partial charge in [-0.25, -0.2) is 0 Å². The third-order valence-electron chi connectivity index (χ3n) is 3.52. The van der Waals surface area contributed by atoms with Gasteiger partial charge >= 0.3 is 0 Å². The van der Waals surface area contributed by atoms with Gasteiger partial charge in [0.25, 0.3) is 5.91 Å². The van der Waals surface area contributed by atoms with Gasteiger partial charge in [-0.2, -0.15) is 0 Å². The number of ether oxygens (including phenoxy) is 2. The van der Waals surface area contributed by atoms with E-state index < -0.39 is 6.10 Å². The number of methoxy groups -OCH3 is 1. The molecule has 2 rings (SSSR count). The number of benzene rings is 1. The topological polar surface area (TPSA) is 73.6 Å². The molecule has 1 aliphatic rings. The molecule has 1 saturated carbocycles. The van der Waals surface area contributed by atoms with Crippen molar-refractivity contribution >= 4 is 11.6 Å². The Bertz CT molecular complexity index is 423. The molecule has 1 aromatic carbocycles. The predicted molar refractivity (Wildman–Crippen MR) is 77.8 cm³/mol. The van der Waals surface area contributed by atoms with Crippen molar-refractivity contribution in [3.63, 3.8) is 0 Å². The zero-order valence-electron chi connectivity index (χ0n) is 11.8. The number of nitrogens with two attached hydrogens (primary N) is 1. The van der Waals surface area contributed by atoms with E-state index in [9.17, 15) is 4.79 Å². The highest BCUT2D eigenvalue weighted by atomic mass is 16.5. The number of rotatable bonds is 6. The van der Waals surface area contributed by atoms with Gasteiger partial charge in [0.1, 0.15) is 11.9 Å². The van der Waals surface area contributed by atoms with E-state index in [1.165, 1.54) is 20.0 Å². The van der Waals surface area contributed by atoms with Crippen molar-refractivity contribution in [3.8, 4) is 5.75 Å². The molecular weight excluding hydrogens is 256 g/mol. The van der Waals surface area contributed by atoms with Crippen LogP contribution in [0, 0.1) is 0 Å². The number of hydrogen-bond donors (Lipinski definition) is 2. The van der Waals surface area contributed by atoms with E-state index >= 15 is 0 Å². The second kappa shape index (κ2) is 7.26. The molecule has 5 heteroatoms. The fourth-order valence-electron chi connectivity index (χ4n) is 2.35. The fraction of sp³-hybridized carbons (Fsp3) is 0.533. The third kappa shape index (κ3) is 3.95. The van der Waals surface area contributed by atoms with Crippen LogP contribution in [0.15, 0.2) is 24.3 Å². The lowest BCUT2D eigenvalue weighted by Gasteiger charge is -2.15. The molecule has 0 radical (unpaired) electrons. The maximum absolute atomic E-state index is 11.8. The van der Waals surface area contributed by atoms with E-state index in [-0.39, 0.29) is 12.5 Å². The number of amides is 1. The van der Waals surface area contributed by atoms with Crippen molar-refractivity contribution in [1.82, 2.24) is 0 Å². The molecule has 110 valence electrons. The summed E-state index contributed by atoms with van der Waals surface area (Å²) < 4.78 is 10.9. The van der Waals surface area contributed by atoms with Gasteiger partial charge in [0.05, 0.1) is 6.10 Å². The molecule has 1 unspecified atom stereocenters. The lowest BCUT2D eigenvalue weighted by molar-refractivity contribution is -0.125. The van der Waals surface area contributed by atoms with Gasteiger partial charge in [0.15, 0.2) is 0 Å². The summed E-state index contributed by atoms with van der Waals surface area (Å²) in [7, 11) is 1.47. The Hall–Kier alpha value is -1.59. The summed E-state index contributed by atoms with van der Waals surface area (Å²) in [5.74, 6) is 0.608. The largest absolute Gasteiger partial charge is 0.490 e. The average Bonchev–Trinajstić information content (AvgIpc) is 2.95. The minimum absolute atomic E-state index is 0.158. The van der Waals surface area contributed by atoms with Crippen LogP contribution in [0.3, 0.4) is 0 Å². The van der Waals surface area contributed by atoms with Crippen LogP contribution in [0.4, 0.5) is 5.69 Å². The van der Waals surface area contributed by atoms with Gasteiger partial charge in [-0.1, -0.05) is 0 Å². The summed E-state index contributed by atoms with van der Waals surface area (Å²) in [6.07, 6.45) is 4.47. The van der Waals surface area contributed by atoms with Crippen LogP contribution in [-0.2, 0) is 9.53 Å². The van der Waals surface area contributed by atoms with E-state index in [0.717, 1.165) is 18.6 Å². The Morgan fingerprint density at radius 1 is 1.35 bits per heavy atom. The van der Waals surface area contributed by atoms with Crippen molar-refractivity contribution in [3.05, 3.63) is 24.3 Å². The third-order valence-corrected chi connectivity index (χ3v) is 3.52. The molecule has 1 aromatic rings. The molecule has 20 heavy (non-hydrogen) atoms. The highest BCUT2D eigenvalue weighted by molar-refractivity contribution is 5.94. The van der Waals surface area contributed by atoms with E-state index in [2.05, 4.69) is 5.32 Å². The lowest BCUT2D eigenvalue weighted by atomic mass is 10.2. The van der Waals surface area contributed by atoms with E-state index in [4.69, 9.17) is 15.2 Å². The molecule has 1 amide bonds. The zero-order valence-corrected chi connectivity index (χ0v) is 11.8. The molecule has 1 fully saturated rings. The van der Waals surface area contributed by atoms with Gasteiger partial charge in [-0.05, 0) is 49.9 Å². The molecule has 0 aliphatic heterocycles. The molecule has 0 spiro atoms. The predicted octanol–water partition coefficient (Wildman–Crippen LogP) is 1.92. The smallest absolute Gasteiger partial charge is 0.254 e. The minimum atomic E-state index is -0.621. The maximum Gasteiger partial charge on any atom is 0.254 e. The van der Waals surface area contributed by atoms with E-state index in [0.29, 0.717) is 11.8 Å². The van der Waals surface area contributed by atoms with Crippen LogP contribution < -0.4 is 15.8 Å². The molecule has 0 saturated heterocycles. The summed E-state index contributed by atoms with van der Waals surface area (Å²) in [5, 5.41) is 2.77.